The maximum atomic E-state index is 8.88. The molecule has 0 heterocycles. The fourth-order valence-corrected chi connectivity index (χ4v) is 0. The Kier molecular flexibility index (Phi) is 4.78. The maximum Gasteiger partial charge on any atom is 0.466 e. The monoisotopic (exact) mass is 110 g/mol. The second kappa shape index (κ2) is 2.89. The van der Waals surface area contributed by atoms with Crippen molar-refractivity contribution in [1.29, 1.82) is 0 Å². The van der Waals surface area contributed by atoms with Gasteiger partial charge in [-0.2, -0.15) is 0 Å². The number of rotatable bonds is 0. The first-order chi connectivity index (χ1) is 2.00. The second-order valence-electron chi connectivity index (χ2n) is 0.513. The maximum absolute atomic E-state index is 8.88. The molecule has 3 N–H and O–H groups in total. The Hall–Kier alpha value is 0.798. The molecule has 0 aliphatic carbocycles. The van der Waals surface area contributed by atoms with E-state index in [9.17, 15) is 0 Å². The minimum atomic E-state index is -4.64. The van der Waals surface area contributed by atoms with Crippen molar-refractivity contribution in [3.05, 3.63) is 0 Å². The van der Waals surface area contributed by atoms with E-state index in [1.54, 1.807) is 0 Å². The van der Waals surface area contributed by atoms with Crippen molar-refractivity contribution in [3.8, 4) is 0 Å². The summed E-state index contributed by atoms with van der Waals surface area (Å²) in [6.45, 7) is 0. The summed E-state index contributed by atoms with van der Waals surface area (Å²) in [6, 6.07) is 0. The van der Waals surface area contributed by atoms with Gasteiger partial charge in [0.05, 0.1) is 0 Å². The van der Waals surface area contributed by atoms with Crippen LogP contribution in [0.1, 0.15) is 0 Å². The molecule has 0 amide bonds. The molecule has 0 aliphatic rings. The first kappa shape index (κ1) is 9.93. The molecule has 0 aromatic heterocycles. The van der Waals surface area contributed by atoms with Crippen LogP contribution in [-0.2, 0) is 25.6 Å². The predicted molar refractivity (Wildman–Crippen MR) is 14.3 cm³/mol. The second-order valence-corrected chi connectivity index (χ2v) is 1.54. The van der Waals surface area contributed by atoms with Crippen molar-refractivity contribution in [2.75, 3.05) is 0 Å². The van der Waals surface area contributed by atoms with Gasteiger partial charge in [-0.3, -0.25) is 0 Å². The number of hydrogen-bond donors (Lipinski definition) is 3. The van der Waals surface area contributed by atoms with Crippen LogP contribution in [-0.4, -0.2) is 14.7 Å². The van der Waals surface area contributed by atoms with Crippen LogP contribution in [0.5, 0.6) is 0 Å². The number of hydrogen-bond acceptors (Lipinski definition) is 1. The van der Waals surface area contributed by atoms with Gasteiger partial charge in [0.25, 0.3) is 0 Å². The average Bonchev–Trinajstić information content (AvgIpc) is 0.722. The third-order valence-electron chi connectivity index (χ3n) is 0. The van der Waals surface area contributed by atoms with Crippen LogP contribution < -0.4 is 0 Å². The van der Waals surface area contributed by atoms with Gasteiger partial charge in [-0.1, -0.05) is 0 Å². The van der Waals surface area contributed by atoms with E-state index >= 15 is 0 Å². The van der Waals surface area contributed by atoms with Gasteiger partial charge in [0, 0.05) is 21.1 Å². The molecule has 0 saturated carbocycles. The van der Waals surface area contributed by atoms with E-state index in [1.165, 1.54) is 0 Å². The summed E-state index contributed by atoms with van der Waals surface area (Å²) in [6.07, 6.45) is 0. The Morgan fingerprint density at radius 2 is 1.17 bits per heavy atom. The first-order valence-corrected chi connectivity index (χ1v) is 2.35. The molecule has 0 rings (SSSR count). The summed E-state index contributed by atoms with van der Waals surface area (Å²) in [5.74, 6) is 0. The van der Waals surface area contributed by atoms with Gasteiger partial charge >= 0.3 is 7.82 Å². The van der Waals surface area contributed by atoms with E-state index in [4.69, 9.17) is 19.2 Å². The standard InChI is InChI=1S/H3O4P.W/c1-5(2,3)4;/h(H3,1,2,3,4);/i;1-83. The molecule has 0 bridgehead atoms. The smallest absolute Gasteiger partial charge is 0.303 e. The molecule has 38 valence electrons. The molecule has 0 saturated heterocycles. The molecular weight excluding hydrogens is 107 g/mol. The van der Waals surface area contributed by atoms with Gasteiger partial charge in [-0.25, -0.2) is 4.57 Å². The van der Waals surface area contributed by atoms with Crippen LogP contribution in [0.15, 0.2) is 0 Å². The topological polar surface area (TPSA) is 77.8 Å². The Balaban J connectivity index is 0. The molecule has 0 unspecified atom stereocenters. The van der Waals surface area contributed by atoms with Crippen molar-refractivity contribution >= 4 is 7.82 Å². The van der Waals surface area contributed by atoms with Crippen LogP contribution in [0.4, 0.5) is 0 Å². The molecule has 6 heavy (non-hydrogen) atoms. The van der Waals surface area contributed by atoms with E-state index in [1.807, 2.05) is 0 Å². The SMILES string of the molecule is O=P(O)(O)O.[12W]. The van der Waals surface area contributed by atoms with E-state index in [-0.39, 0.29) is 21.1 Å². The van der Waals surface area contributed by atoms with E-state index in [0.29, 0.717) is 0 Å². The third-order valence-corrected chi connectivity index (χ3v) is 0. The van der Waals surface area contributed by atoms with E-state index in [2.05, 4.69) is 0 Å². The molecule has 0 aromatic carbocycles. The van der Waals surface area contributed by atoms with Gasteiger partial charge in [-0.05, 0) is 0 Å². The zero-order chi connectivity index (χ0) is 4.50. The van der Waals surface area contributed by atoms with Crippen molar-refractivity contribution < 1.29 is 40.3 Å². The van der Waals surface area contributed by atoms with Crippen LogP contribution in [0.25, 0.3) is 0 Å². The molecule has 0 aromatic rings. The Bertz CT molecular complexity index is 53.7. The first-order valence-electron chi connectivity index (χ1n) is 0.783. The Labute approximate surface area is 48.7 Å². The molecule has 6 heteroatoms. The minimum absolute atomic E-state index is 0. The van der Waals surface area contributed by atoms with Crippen molar-refractivity contribution in [2.45, 2.75) is 0 Å². The predicted octanol–water partition coefficient (Wildman–Crippen LogP) is -0.931. The summed E-state index contributed by atoms with van der Waals surface area (Å²) >= 11 is 0. The van der Waals surface area contributed by atoms with E-state index < -0.39 is 7.82 Å². The Morgan fingerprint density at radius 3 is 1.17 bits per heavy atom. The molecule has 0 atom stereocenters. The summed E-state index contributed by atoms with van der Waals surface area (Å²) in [5.41, 5.74) is 0. The van der Waals surface area contributed by atoms with Crippen molar-refractivity contribution in [2.24, 2.45) is 0 Å². The largest absolute Gasteiger partial charge is 0.466 e. The normalized spacial score (nSPS) is 9.83. The van der Waals surface area contributed by atoms with Crippen molar-refractivity contribution in [1.82, 2.24) is 0 Å². The quantitative estimate of drug-likeness (QED) is 0.352. The summed E-state index contributed by atoms with van der Waals surface area (Å²) in [7, 11) is -4.64. The molecule has 0 fully saturated rings. The summed E-state index contributed by atoms with van der Waals surface area (Å²) < 4.78 is 8.88. The molecule has 0 radical (unpaired) electrons. The molecule has 0 spiro atoms. The van der Waals surface area contributed by atoms with Gasteiger partial charge in [0.2, 0.25) is 0 Å². The van der Waals surface area contributed by atoms with Gasteiger partial charge in [-0.15, -0.1) is 0 Å². The summed E-state index contributed by atoms with van der Waals surface area (Å²) in [4.78, 5) is 21.6. The fraction of sp³-hybridized carbons (Fsp3) is 0. The van der Waals surface area contributed by atoms with Crippen LogP contribution >= 0.6 is 7.82 Å². The van der Waals surface area contributed by atoms with Gasteiger partial charge in [0.15, 0.2) is 0 Å². The van der Waals surface area contributed by atoms with Crippen LogP contribution in [0.3, 0.4) is 0 Å². The van der Waals surface area contributed by atoms with E-state index in [0.717, 1.165) is 0 Å². The zero-order valence-corrected chi connectivity index (χ0v) is 6.43. The third kappa shape index (κ3) is 109. The summed E-state index contributed by atoms with van der Waals surface area (Å²) in [5, 5.41) is 0. The van der Waals surface area contributed by atoms with Gasteiger partial charge < -0.3 is 14.7 Å². The minimum Gasteiger partial charge on any atom is -0.303 e. The van der Waals surface area contributed by atoms with Crippen LogP contribution in [0.2, 0.25) is 0 Å². The number of phosphoric acid groups is 1. The fourth-order valence-electron chi connectivity index (χ4n) is 0. The van der Waals surface area contributed by atoms with Gasteiger partial charge in [0.1, 0.15) is 0 Å². The van der Waals surface area contributed by atoms with Crippen LogP contribution in [0, 0.1) is 0 Å². The zero-order valence-electron chi connectivity index (χ0n) is 2.61. The molecular formula is H3O4PW. The Morgan fingerprint density at radius 1 is 1.17 bits per heavy atom. The molecule has 4 nitrogen and oxygen atoms in total. The molecule has 0 aliphatic heterocycles. The average molecular weight is 110 g/mol. The van der Waals surface area contributed by atoms with Crippen molar-refractivity contribution in [3.63, 3.8) is 0 Å².